The van der Waals surface area contributed by atoms with Gasteiger partial charge in [0.1, 0.15) is 11.2 Å². The highest BCUT2D eigenvalue weighted by atomic mass is 16.2. The van der Waals surface area contributed by atoms with Gasteiger partial charge in [-0.1, -0.05) is 12.1 Å². The van der Waals surface area contributed by atoms with Crippen LogP contribution < -0.4 is 10.9 Å². The molecule has 2 aromatic heterocycles. The highest BCUT2D eigenvalue weighted by molar-refractivity contribution is 6.05. The van der Waals surface area contributed by atoms with Crippen LogP contribution in [0.15, 0.2) is 47.4 Å². The van der Waals surface area contributed by atoms with Crippen molar-refractivity contribution in [2.24, 2.45) is 0 Å². The second-order valence-corrected chi connectivity index (χ2v) is 5.23. The van der Waals surface area contributed by atoms with Crippen LogP contribution in [-0.2, 0) is 0 Å². The van der Waals surface area contributed by atoms with Gasteiger partial charge in [0.05, 0.1) is 0 Å². The molecule has 0 radical (unpaired) electrons. The number of carbonyl (C=O) groups is 1. The number of nitrogens with zero attached hydrogens (tertiary/aromatic N) is 1. The minimum Gasteiger partial charge on any atom is -0.322 e. The molecule has 0 aliphatic heterocycles. The van der Waals surface area contributed by atoms with Gasteiger partial charge in [0, 0.05) is 17.3 Å². The van der Waals surface area contributed by atoms with Crippen molar-refractivity contribution in [3.05, 3.63) is 69.6 Å². The molecule has 3 aromatic rings. The molecule has 3 rings (SSSR count). The van der Waals surface area contributed by atoms with Crippen molar-refractivity contribution < 1.29 is 4.79 Å². The quantitative estimate of drug-likeness (QED) is 0.763. The summed E-state index contributed by atoms with van der Waals surface area (Å²) in [6.07, 6.45) is 1.59. The Balaban J connectivity index is 2.00. The van der Waals surface area contributed by atoms with Crippen molar-refractivity contribution in [2.75, 3.05) is 5.32 Å². The van der Waals surface area contributed by atoms with Crippen molar-refractivity contribution >= 4 is 22.6 Å². The summed E-state index contributed by atoms with van der Waals surface area (Å²) in [5.74, 6) is -0.430. The Kier molecular flexibility index (Phi) is 3.47. The van der Waals surface area contributed by atoms with Crippen molar-refractivity contribution in [2.45, 2.75) is 13.8 Å². The predicted molar refractivity (Wildman–Crippen MR) is 86.2 cm³/mol. The predicted octanol–water partition coefficient (Wildman–Crippen LogP) is 2.79. The van der Waals surface area contributed by atoms with Crippen LogP contribution in [0.5, 0.6) is 0 Å². The smallest absolute Gasteiger partial charge is 0.262 e. The van der Waals surface area contributed by atoms with Crippen LogP contribution in [-0.4, -0.2) is 15.9 Å². The second kappa shape index (κ2) is 5.44. The molecule has 0 saturated heterocycles. The van der Waals surface area contributed by atoms with Crippen LogP contribution in [0.1, 0.15) is 21.5 Å². The normalized spacial score (nSPS) is 10.6. The maximum Gasteiger partial charge on any atom is 0.262 e. The van der Waals surface area contributed by atoms with E-state index in [0.29, 0.717) is 16.7 Å². The lowest BCUT2D eigenvalue weighted by atomic mass is 10.1. The third-order valence-corrected chi connectivity index (χ3v) is 3.50. The molecular formula is C17H15N3O2. The largest absolute Gasteiger partial charge is 0.322 e. The molecule has 5 nitrogen and oxygen atoms in total. The van der Waals surface area contributed by atoms with E-state index in [2.05, 4.69) is 15.3 Å². The molecule has 2 heterocycles. The number of benzene rings is 1. The van der Waals surface area contributed by atoms with Gasteiger partial charge in [-0.2, -0.15) is 0 Å². The lowest BCUT2D eigenvalue weighted by Gasteiger charge is -2.09. The Bertz CT molecular complexity index is 929. The van der Waals surface area contributed by atoms with E-state index >= 15 is 0 Å². The van der Waals surface area contributed by atoms with Crippen molar-refractivity contribution in [1.82, 2.24) is 9.97 Å². The fourth-order valence-corrected chi connectivity index (χ4v) is 2.26. The van der Waals surface area contributed by atoms with Crippen molar-refractivity contribution in [1.29, 1.82) is 0 Å². The SMILES string of the molecule is Cc1ccc(C)c(NC(=O)c2cc3cccnc3[nH]c2=O)c1. The fourth-order valence-electron chi connectivity index (χ4n) is 2.26. The van der Waals surface area contributed by atoms with E-state index in [1.807, 2.05) is 32.0 Å². The lowest BCUT2D eigenvalue weighted by molar-refractivity contribution is 0.102. The zero-order valence-corrected chi connectivity index (χ0v) is 12.3. The standard InChI is InChI=1S/C17H15N3O2/c1-10-5-6-11(2)14(8-10)19-16(21)13-9-12-4-3-7-18-15(12)20-17(13)22/h3-9H,1-2H3,(H,19,21)(H,18,20,22). The number of fused-ring (bicyclic) bond motifs is 1. The molecule has 0 bridgehead atoms. The third kappa shape index (κ3) is 2.61. The van der Waals surface area contributed by atoms with E-state index in [0.717, 1.165) is 11.1 Å². The zero-order chi connectivity index (χ0) is 15.7. The van der Waals surface area contributed by atoms with Crippen molar-refractivity contribution in [3.8, 4) is 0 Å². The second-order valence-electron chi connectivity index (χ2n) is 5.23. The molecule has 5 heteroatoms. The van der Waals surface area contributed by atoms with E-state index in [4.69, 9.17) is 0 Å². The van der Waals surface area contributed by atoms with Gasteiger partial charge in [-0.25, -0.2) is 4.98 Å². The average Bonchev–Trinajstić information content (AvgIpc) is 2.50. The number of aryl methyl sites for hydroxylation is 2. The van der Waals surface area contributed by atoms with Crippen molar-refractivity contribution in [3.63, 3.8) is 0 Å². The maximum absolute atomic E-state index is 12.4. The number of aromatic amines is 1. The summed E-state index contributed by atoms with van der Waals surface area (Å²) in [7, 11) is 0. The topological polar surface area (TPSA) is 74.8 Å². The van der Waals surface area contributed by atoms with Gasteiger partial charge in [-0.15, -0.1) is 0 Å². The van der Waals surface area contributed by atoms with Gasteiger partial charge in [-0.05, 0) is 49.2 Å². The molecule has 22 heavy (non-hydrogen) atoms. The molecule has 0 aliphatic carbocycles. The van der Waals surface area contributed by atoms with E-state index in [9.17, 15) is 9.59 Å². The molecule has 0 saturated carbocycles. The molecule has 1 aromatic carbocycles. The molecule has 2 N–H and O–H groups in total. The van der Waals surface area contributed by atoms with Crippen LogP contribution >= 0.6 is 0 Å². The minimum atomic E-state index is -0.450. The number of hydrogen-bond donors (Lipinski definition) is 2. The Morgan fingerprint density at radius 2 is 2.00 bits per heavy atom. The summed E-state index contributed by atoms with van der Waals surface area (Å²) in [6, 6.07) is 10.9. The third-order valence-electron chi connectivity index (χ3n) is 3.50. The van der Waals surface area contributed by atoms with Gasteiger partial charge in [-0.3, -0.25) is 9.59 Å². The molecule has 0 aliphatic rings. The number of amides is 1. The van der Waals surface area contributed by atoms with Gasteiger partial charge in [0.2, 0.25) is 0 Å². The molecular weight excluding hydrogens is 278 g/mol. The minimum absolute atomic E-state index is 0.0707. The lowest BCUT2D eigenvalue weighted by Crippen LogP contribution is -2.23. The first-order valence-electron chi connectivity index (χ1n) is 6.91. The molecule has 0 spiro atoms. The van der Waals surface area contributed by atoms with Gasteiger partial charge < -0.3 is 10.3 Å². The summed E-state index contributed by atoms with van der Waals surface area (Å²) < 4.78 is 0. The van der Waals surface area contributed by atoms with Crippen LogP contribution in [0, 0.1) is 13.8 Å². The monoisotopic (exact) mass is 293 g/mol. The fraction of sp³-hybridized carbons (Fsp3) is 0.118. The Morgan fingerprint density at radius 1 is 1.18 bits per heavy atom. The van der Waals surface area contributed by atoms with Gasteiger partial charge >= 0.3 is 0 Å². The van der Waals surface area contributed by atoms with E-state index < -0.39 is 11.5 Å². The van der Waals surface area contributed by atoms with Crippen LogP contribution in [0.2, 0.25) is 0 Å². The Hall–Kier alpha value is -2.95. The van der Waals surface area contributed by atoms with Crippen LogP contribution in [0.25, 0.3) is 11.0 Å². The summed E-state index contributed by atoms with van der Waals surface area (Å²) in [5.41, 5.74) is 2.78. The number of anilines is 1. The van der Waals surface area contributed by atoms with E-state index in [1.165, 1.54) is 0 Å². The first-order chi connectivity index (χ1) is 10.5. The van der Waals surface area contributed by atoms with E-state index in [1.54, 1.807) is 24.4 Å². The van der Waals surface area contributed by atoms with Crippen LogP contribution in [0.4, 0.5) is 5.69 Å². The highest BCUT2D eigenvalue weighted by Crippen LogP contribution is 2.17. The number of H-pyrrole nitrogens is 1. The molecule has 0 fully saturated rings. The first-order valence-corrected chi connectivity index (χ1v) is 6.91. The number of hydrogen-bond acceptors (Lipinski definition) is 3. The summed E-state index contributed by atoms with van der Waals surface area (Å²) in [6.45, 7) is 3.85. The summed E-state index contributed by atoms with van der Waals surface area (Å²) in [4.78, 5) is 31.1. The first kappa shape index (κ1) is 14.0. The number of nitrogens with one attached hydrogen (secondary N) is 2. The molecule has 0 unspecified atom stereocenters. The molecule has 110 valence electrons. The summed E-state index contributed by atoms with van der Waals surface area (Å²) >= 11 is 0. The number of aromatic nitrogens is 2. The number of pyridine rings is 2. The Labute approximate surface area is 127 Å². The van der Waals surface area contributed by atoms with Gasteiger partial charge in [0.25, 0.3) is 11.5 Å². The summed E-state index contributed by atoms with van der Waals surface area (Å²) in [5, 5.41) is 3.51. The maximum atomic E-state index is 12.4. The number of rotatable bonds is 2. The van der Waals surface area contributed by atoms with Crippen LogP contribution in [0.3, 0.4) is 0 Å². The average molecular weight is 293 g/mol. The zero-order valence-electron chi connectivity index (χ0n) is 12.3. The van der Waals surface area contributed by atoms with Gasteiger partial charge in [0.15, 0.2) is 0 Å². The Morgan fingerprint density at radius 3 is 2.82 bits per heavy atom. The van der Waals surface area contributed by atoms with E-state index in [-0.39, 0.29) is 5.56 Å². The highest BCUT2D eigenvalue weighted by Gasteiger charge is 2.13. The molecule has 1 amide bonds. The molecule has 0 atom stereocenters. The number of carbonyl (C=O) groups excluding carboxylic acids is 1.